The zero-order chi connectivity index (χ0) is 31.9. The molecule has 0 radical (unpaired) electrons. The van der Waals surface area contributed by atoms with Gasteiger partial charge >= 0.3 is 0 Å². The Morgan fingerprint density at radius 2 is 1.59 bits per heavy atom. The minimum atomic E-state index is -1.50. The van der Waals surface area contributed by atoms with Crippen LogP contribution in [0.15, 0.2) is 107 Å². The first-order chi connectivity index (χ1) is 22.4. The lowest BCUT2D eigenvalue weighted by atomic mass is 9.86. The standard InChI is InChI=1S/C35H35N5O5S/c41-29-13-11-27(28-12-14-31(43)40-33(28)29)30(42)21-36-18-16-26-20-38-32(46-26)22-37-17-15-25-19-39-34(45-25)35(44,23-7-3-1-4-8-23)24-9-5-2-6-10-24/h1-14,19-20,30,36-37,41-42,44H,15-18,21-22H2,(H,40,43)/t30-/m0/s1. The number of aromatic amines is 1. The van der Waals surface area contributed by atoms with Crippen molar-refractivity contribution in [3.05, 3.63) is 146 Å². The molecule has 1 atom stereocenters. The average molecular weight is 638 g/mol. The molecule has 0 saturated heterocycles. The number of H-pyrrole nitrogens is 1. The van der Waals surface area contributed by atoms with Crippen molar-refractivity contribution in [2.45, 2.75) is 31.1 Å². The second-order valence-corrected chi connectivity index (χ2v) is 12.2. The van der Waals surface area contributed by atoms with Gasteiger partial charge < -0.3 is 35.4 Å². The molecule has 0 aliphatic heterocycles. The summed E-state index contributed by atoms with van der Waals surface area (Å²) in [6.07, 6.45) is 4.11. The van der Waals surface area contributed by atoms with Gasteiger partial charge in [-0.25, -0.2) is 9.97 Å². The Hall–Kier alpha value is -4.65. The van der Waals surface area contributed by atoms with Crippen LogP contribution in [0.1, 0.15) is 44.3 Å². The number of aliphatic hydroxyl groups excluding tert-OH is 1. The van der Waals surface area contributed by atoms with E-state index in [0.29, 0.717) is 66.0 Å². The highest BCUT2D eigenvalue weighted by molar-refractivity contribution is 7.11. The smallest absolute Gasteiger partial charge is 0.248 e. The van der Waals surface area contributed by atoms with E-state index in [1.165, 1.54) is 12.1 Å². The van der Waals surface area contributed by atoms with E-state index in [1.54, 1.807) is 29.7 Å². The van der Waals surface area contributed by atoms with Crippen LogP contribution in [0.4, 0.5) is 0 Å². The van der Waals surface area contributed by atoms with Crippen molar-refractivity contribution in [3.63, 3.8) is 0 Å². The van der Waals surface area contributed by atoms with Crippen LogP contribution in [0.25, 0.3) is 10.9 Å². The number of aliphatic hydroxyl groups is 2. The van der Waals surface area contributed by atoms with Gasteiger partial charge in [-0.2, -0.15) is 0 Å². The summed E-state index contributed by atoms with van der Waals surface area (Å²) in [7, 11) is 0. The maximum absolute atomic E-state index is 11.9. The van der Waals surface area contributed by atoms with Gasteiger partial charge in [0.25, 0.3) is 0 Å². The molecule has 0 aliphatic carbocycles. The zero-order valence-corrected chi connectivity index (χ0v) is 25.8. The molecule has 0 aliphatic rings. The number of phenolic OH excluding ortho intramolecular Hbond substituents is 1. The topological polar surface area (TPSA) is 157 Å². The second kappa shape index (κ2) is 14.2. The third-order valence-electron chi connectivity index (χ3n) is 7.82. The molecule has 6 aromatic rings. The number of pyridine rings is 1. The van der Waals surface area contributed by atoms with Crippen molar-refractivity contribution in [3.8, 4) is 5.75 Å². The predicted octanol–water partition coefficient (Wildman–Crippen LogP) is 4.16. The van der Waals surface area contributed by atoms with E-state index < -0.39 is 11.7 Å². The number of fused-ring (bicyclic) bond motifs is 1. The van der Waals surface area contributed by atoms with Crippen LogP contribution in [0, 0.1) is 0 Å². The van der Waals surface area contributed by atoms with Gasteiger partial charge in [0.2, 0.25) is 11.4 Å². The Labute approximate surface area is 269 Å². The molecule has 0 spiro atoms. The third-order valence-corrected chi connectivity index (χ3v) is 8.88. The van der Waals surface area contributed by atoms with E-state index in [1.807, 2.05) is 66.9 Å². The number of benzene rings is 3. The molecule has 0 saturated carbocycles. The van der Waals surface area contributed by atoms with Crippen molar-refractivity contribution >= 4 is 22.2 Å². The lowest BCUT2D eigenvalue weighted by Crippen LogP contribution is -2.29. The number of aromatic hydroxyl groups is 1. The van der Waals surface area contributed by atoms with Gasteiger partial charge in [-0.1, -0.05) is 66.7 Å². The first-order valence-corrected chi connectivity index (χ1v) is 15.9. The normalized spacial score (nSPS) is 12.5. The maximum atomic E-state index is 11.9. The molecule has 0 fully saturated rings. The SMILES string of the molecule is O=c1ccc2c([C@@H](O)CNCCc3cnc(CNCCc4cnc(C(O)(c5ccccc5)c5ccccc5)o4)s3)ccc(O)c2[nH]1. The number of aromatic nitrogens is 3. The summed E-state index contributed by atoms with van der Waals surface area (Å²) in [5.74, 6) is 0.877. The molecular formula is C35H35N5O5S. The minimum absolute atomic E-state index is 0.0327. The maximum Gasteiger partial charge on any atom is 0.248 e. The molecule has 6 N–H and O–H groups in total. The fourth-order valence-corrected chi connectivity index (χ4v) is 6.32. The lowest BCUT2D eigenvalue weighted by Gasteiger charge is -2.26. The number of nitrogens with zero attached hydrogens (tertiary/aromatic N) is 2. The van der Waals surface area contributed by atoms with Crippen molar-refractivity contribution < 1.29 is 19.7 Å². The monoisotopic (exact) mass is 637 g/mol. The van der Waals surface area contributed by atoms with Crippen LogP contribution in [0.2, 0.25) is 0 Å². The molecule has 11 heteroatoms. The summed E-state index contributed by atoms with van der Waals surface area (Å²) >= 11 is 1.64. The average Bonchev–Trinajstić information content (AvgIpc) is 3.76. The van der Waals surface area contributed by atoms with E-state index in [9.17, 15) is 20.1 Å². The Kier molecular flexibility index (Phi) is 9.67. The first-order valence-electron chi connectivity index (χ1n) is 15.1. The van der Waals surface area contributed by atoms with Gasteiger partial charge in [-0.05, 0) is 35.2 Å². The Morgan fingerprint density at radius 1 is 0.870 bits per heavy atom. The molecular weight excluding hydrogens is 602 g/mol. The van der Waals surface area contributed by atoms with E-state index >= 15 is 0 Å². The molecule has 3 aromatic carbocycles. The van der Waals surface area contributed by atoms with Crippen LogP contribution in [-0.2, 0) is 25.0 Å². The van der Waals surface area contributed by atoms with E-state index in [2.05, 4.69) is 25.6 Å². The van der Waals surface area contributed by atoms with Gasteiger partial charge in [-0.3, -0.25) is 4.79 Å². The summed E-state index contributed by atoms with van der Waals surface area (Å²) in [6, 6.07) is 24.9. The van der Waals surface area contributed by atoms with Crippen molar-refractivity contribution in [1.29, 1.82) is 0 Å². The van der Waals surface area contributed by atoms with Crippen LogP contribution in [-0.4, -0.2) is 49.9 Å². The number of oxazole rings is 1. The highest BCUT2D eigenvalue weighted by atomic mass is 32.1. The summed E-state index contributed by atoms with van der Waals surface area (Å²) in [5, 5.41) is 41.0. The van der Waals surface area contributed by atoms with E-state index in [-0.39, 0.29) is 17.2 Å². The van der Waals surface area contributed by atoms with E-state index in [0.717, 1.165) is 16.3 Å². The Balaban J connectivity index is 0.966. The Bertz CT molecular complexity index is 1900. The van der Waals surface area contributed by atoms with Crippen LogP contribution < -0.4 is 16.2 Å². The lowest BCUT2D eigenvalue weighted by molar-refractivity contribution is 0.0913. The molecule has 10 nitrogen and oxygen atoms in total. The van der Waals surface area contributed by atoms with Crippen molar-refractivity contribution in [2.75, 3.05) is 19.6 Å². The summed E-state index contributed by atoms with van der Waals surface area (Å²) < 4.78 is 6.08. The quantitative estimate of drug-likeness (QED) is 0.0966. The fraction of sp³-hybridized carbons (Fsp3) is 0.229. The number of thiazole rings is 1. The van der Waals surface area contributed by atoms with Gasteiger partial charge in [-0.15, -0.1) is 11.3 Å². The minimum Gasteiger partial charge on any atom is -0.506 e. The van der Waals surface area contributed by atoms with Crippen LogP contribution in [0.3, 0.4) is 0 Å². The first kappa shape index (κ1) is 31.3. The van der Waals surface area contributed by atoms with E-state index in [4.69, 9.17) is 4.42 Å². The highest BCUT2D eigenvalue weighted by Crippen LogP contribution is 2.36. The van der Waals surface area contributed by atoms with Crippen LogP contribution >= 0.6 is 11.3 Å². The van der Waals surface area contributed by atoms with Gasteiger partial charge in [0.15, 0.2) is 5.60 Å². The van der Waals surface area contributed by atoms with Gasteiger partial charge in [0, 0.05) is 55.1 Å². The van der Waals surface area contributed by atoms with Crippen molar-refractivity contribution in [2.24, 2.45) is 0 Å². The molecule has 6 rings (SSSR count). The second-order valence-electron chi connectivity index (χ2n) is 11.0. The molecule has 0 bridgehead atoms. The van der Waals surface area contributed by atoms with Gasteiger partial charge in [0.1, 0.15) is 16.5 Å². The predicted molar refractivity (Wildman–Crippen MR) is 177 cm³/mol. The summed E-state index contributed by atoms with van der Waals surface area (Å²) in [5.41, 5.74) is 0.504. The molecule has 3 heterocycles. The molecule has 46 heavy (non-hydrogen) atoms. The summed E-state index contributed by atoms with van der Waals surface area (Å²) in [4.78, 5) is 24.4. The number of hydrogen-bond acceptors (Lipinski definition) is 10. The number of hydrogen-bond donors (Lipinski definition) is 6. The Morgan fingerprint density at radius 3 is 2.33 bits per heavy atom. The molecule has 0 unspecified atom stereocenters. The largest absolute Gasteiger partial charge is 0.506 e. The summed E-state index contributed by atoms with van der Waals surface area (Å²) in [6.45, 7) is 2.25. The third kappa shape index (κ3) is 6.94. The van der Waals surface area contributed by atoms with Crippen molar-refractivity contribution in [1.82, 2.24) is 25.6 Å². The highest BCUT2D eigenvalue weighted by Gasteiger charge is 2.38. The number of rotatable bonds is 14. The van der Waals surface area contributed by atoms with Gasteiger partial charge in [0.05, 0.1) is 17.8 Å². The van der Waals surface area contributed by atoms with Crippen LogP contribution in [0.5, 0.6) is 5.75 Å². The number of phenols is 1. The molecule has 236 valence electrons. The number of nitrogens with one attached hydrogen (secondary N) is 3. The fourth-order valence-electron chi connectivity index (χ4n) is 5.42. The molecule has 3 aromatic heterocycles. The molecule has 0 amide bonds. The zero-order valence-electron chi connectivity index (χ0n) is 25.0.